The molecule has 1 aromatic heterocycles. The summed E-state index contributed by atoms with van der Waals surface area (Å²) in [7, 11) is 1.97. The number of hydrogen-bond donors (Lipinski definition) is 1. The molecule has 0 atom stereocenters. The van der Waals surface area contributed by atoms with Crippen molar-refractivity contribution in [3.63, 3.8) is 0 Å². The number of benzene rings is 3. The van der Waals surface area contributed by atoms with Crippen LogP contribution in [0.1, 0.15) is 23.4 Å². The van der Waals surface area contributed by atoms with Crippen molar-refractivity contribution in [2.24, 2.45) is 7.05 Å². The van der Waals surface area contributed by atoms with Crippen LogP contribution in [0.25, 0.3) is 11.0 Å². The van der Waals surface area contributed by atoms with Crippen LogP contribution in [0, 0.1) is 0 Å². The third-order valence-electron chi connectivity index (χ3n) is 5.86. The lowest BCUT2D eigenvalue weighted by molar-refractivity contribution is -0.136. The number of carboxylic acid groups (broad SMARTS) is 1. The van der Waals surface area contributed by atoms with E-state index in [4.69, 9.17) is 35.9 Å². The number of aromatic nitrogens is 2. The van der Waals surface area contributed by atoms with Crippen molar-refractivity contribution in [3.05, 3.63) is 95.3 Å². The molecule has 4 rings (SSSR count). The van der Waals surface area contributed by atoms with Gasteiger partial charge in [0.2, 0.25) is 0 Å². The molecule has 8 heteroatoms. The standard InChI is InChI=1S/C29H29ClN2O5/c1-3-15-35-23-11-12-25-26(17-23)32(2)28(31-25)14-16-36-24-10-6-21(7-13-29(33)34)27(18-24)37-19-20-4-8-22(30)9-5-20/h3-6,8-12,17-18H,1,7,13-16,19H2,2H3,(H,33,34). The Morgan fingerprint density at radius 3 is 2.54 bits per heavy atom. The van der Waals surface area contributed by atoms with E-state index in [0.717, 1.165) is 33.7 Å². The first-order valence-electron chi connectivity index (χ1n) is 12.0. The van der Waals surface area contributed by atoms with Crippen LogP contribution >= 0.6 is 11.6 Å². The van der Waals surface area contributed by atoms with Gasteiger partial charge in [0.05, 0.1) is 17.6 Å². The van der Waals surface area contributed by atoms with Gasteiger partial charge >= 0.3 is 5.97 Å². The SMILES string of the molecule is C=CCOc1ccc2nc(CCOc3ccc(CCC(=O)O)c(OCc4ccc(Cl)cc4)c3)n(C)c2c1. The number of imidazole rings is 1. The van der Waals surface area contributed by atoms with E-state index in [-0.39, 0.29) is 6.42 Å². The van der Waals surface area contributed by atoms with E-state index in [9.17, 15) is 4.79 Å². The van der Waals surface area contributed by atoms with E-state index in [1.54, 1.807) is 18.2 Å². The molecule has 0 saturated carbocycles. The largest absolute Gasteiger partial charge is 0.493 e. The molecule has 0 unspecified atom stereocenters. The minimum atomic E-state index is -0.856. The summed E-state index contributed by atoms with van der Waals surface area (Å²) in [6.07, 6.45) is 2.70. The number of ether oxygens (including phenoxy) is 3. The smallest absolute Gasteiger partial charge is 0.303 e. The van der Waals surface area contributed by atoms with Crippen LogP contribution in [-0.2, 0) is 31.3 Å². The highest BCUT2D eigenvalue weighted by Gasteiger charge is 2.12. The number of hydrogen-bond acceptors (Lipinski definition) is 5. The van der Waals surface area contributed by atoms with Crippen molar-refractivity contribution in [1.82, 2.24) is 9.55 Å². The fourth-order valence-corrected chi connectivity index (χ4v) is 4.02. The number of nitrogens with zero attached hydrogens (tertiary/aromatic N) is 2. The monoisotopic (exact) mass is 520 g/mol. The number of carbonyl (C=O) groups is 1. The van der Waals surface area contributed by atoms with E-state index < -0.39 is 5.97 Å². The first kappa shape index (κ1) is 26.1. The minimum Gasteiger partial charge on any atom is -0.493 e. The molecule has 3 aromatic carbocycles. The summed E-state index contributed by atoms with van der Waals surface area (Å²) < 4.78 is 19.7. The van der Waals surface area contributed by atoms with Gasteiger partial charge in [-0.05, 0) is 47.9 Å². The molecule has 192 valence electrons. The molecule has 0 amide bonds. The fraction of sp³-hybridized carbons (Fsp3) is 0.241. The lowest BCUT2D eigenvalue weighted by Gasteiger charge is -2.14. The first-order chi connectivity index (χ1) is 17.9. The Morgan fingerprint density at radius 2 is 1.78 bits per heavy atom. The molecule has 0 saturated heterocycles. The fourth-order valence-electron chi connectivity index (χ4n) is 3.90. The van der Waals surface area contributed by atoms with Gasteiger partial charge in [-0.25, -0.2) is 4.98 Å². The molecule has 0 aliphatic rings. The van der Waals surface area contributed by atoms with Crippen LogP contribution < -0.4 is 14.2 Å². The molecule has 1 heterocycles. The second-order valence-electron chi connectivity index (χ2n) is 8.51. The number of rotatable bonds is 13. The molecule has 37 heavy (non-hydrogen) atoms. The van der Waals surface area contributed by atoms with Gasteiger partial charge in [-0.1, -0.05) is 42.5 Å². The summed E-state index contributed by atoms with van der Waals surface area (Å²) in [5.74, 6) is 2.05. The van der Waals surface area contributed by atoms with Crippen LogP contribution in [0.5, 0.6) is 17.2 Å². The van der Waals surface area contributed by atoms with Crippen molar-refractivity contribution in [2.75, 3.05) is 13.2 Å². The second kappa shape index (κ2) is 12.3. The molecule has 0 aliphatic carbocycles. The average Bonchev–Trinajstić information content (AvgIpc) is 3.21. The number of carboxylic acids is 1. The number of halogens is 1. The molecule has 4 aromatic rings. The quantitative estimate of drug-likeness (QED) is 0.217. The molecule has 0 bridgehead atoms. The molecular formula is C29H29ClN2O5. The summed E-state index contributed by atoms with van der Waals surface area (Å²) in [5.41, 5.74) is 3.65. The van der Waals surface area contributed by atoms with E-state index in [2.05, 4.69) is 6.58 Å². The lowest BCUT2D eigenvalue weighted by Crippen LogP contribution is -2.07. The van der Waals surface area contributed by atoms with Gasteiger partial charge in [-0.15, -0.1) is 0 Å². The second-order valence-corrected chi connectivity index (χ2v) is 8.95. The highest BCUT2D eigenvalue weighted by Crippen LogP contribution is 2.28. The molecule has 0 aliphatic heterocycles. The van der Waals surface area contributed by atoms with E-state index >= 15 is 0 Å². The Kier molecular flexibility index (Phi) is 8.69. The highest BCUT2D eigenvalue weighted by atomic mass is 35.5. The van der Waals surface area contributed by atoms with Gasteiger partial charge in [0.25, 0.3) is 0 Å². The Labute approximate surface area is 220 Å². The lowest BCUT2D eigenvalue weighted by atomic mass is 10.1. The van der Waals surface area contributed by atoms with Crippen molar-refractivity contribution in [3.8, 4) is 17.2 Å². The van der Waals surface area contributed by atoms with Gasteiger partial charge in [-0.2, -0.15) is 0 Å². The van der Waals surface area contributed by atoms with Crippen LogP contribution in [0.2, 0.25) is 5.02 Å². The van der Waals surface area contributed by atoms with E-state index in [1.807, 2.05) is 60.1 Å². The van der Waals surface area contributed by atoms with Gasteiger partial charge < -0.3 is 23.9 Å². The van der Waals surface area contributed by atoms with Crippen molar-refractivity contribution >= 4 is 28.6 Å². The Morgan fingerprint density at radius 1 is 1.03 bits per heavy atom. The molecule has 0 radical (unpaired) electrons. The Bertz CT molecular complexity index is 1380. The molecular weight excluding hydrogens is 492 g/mol. The zero-order valence-corrected chi connectivity index (χ0v) is 21.4. The minimum absolute atomic E-state index is 0.0184. The first-order valence-corrected chi connectivity index (χ1v) is 12.3. The van der Waals surface area contributed by atoms with Gasteiger partial charge in [0.1, 0.15) is 36.3 Å². The summed E-state index contributed by atoms with van der Waals surface area (Å²) >= 11 is 5.97. The highest BCUT2D eigenvalue weighted by molar-refractivity contribution is 6.30. The van der Waals surface area contributed by atoms with Gasteiger partial charge in [0, 0.05) is 37.0 Å². The van der Waals surface area contributed by atoms with Crippen molar-refractivity contribution < 1.29 is 24.1 Å². The molecule has 1 N–H and O–H groups in total. The Hall–Kier alpha value is -3.97. The van der Waals surface area contributed by atoms with Crippen molar-refractivity contribution in [1.29, 1.82) is 0 Å². The molecule has 0 fully saturated rings. The number of aliphatic carboxylic acids is 1. The van der Waals surface area contributed by atoms with Crippen molar-refractivity contribution in [2.45, 2.75) is 25.9 Å². The number of aryl methyl sites for hydroxylation is 2. The van der Waals surface area contributed by atoms with Crippen LogP contribution in [0.4, 0.5) is 0 Å². The predicted molar refractivity (Wildman–Crippen MR) is 144 cm³/mol. The predicted octanol–water partition coefficient (Wildman–Crippen LogP) is 6.01. The zero-order valence-electron chi connectivity index (χ0n) is 20.7. The van der Waals surface area contributed by atoms with Crippen LogP contribution in [0.15, 0.2) is 73.3 Å². The third-order valence-corrected chi connectivity index (χ3v) is 6.11. The van der Waals surface area contributed by atoms with E-state index in [0.29, 0.717) is 49.2 Å². The maximum Gasteiger partial charge on any atom is 0.303 e. The van der Waals surface area contributed by atoms with Crippen LogP contribution in [-0.4, -0.2) is 33.8 Å². The van der Waals surface area contributed by atoms with E-state index in [1.165, 1.54) is 0 Å². The Balaban J connectivity index is 1.43. The zero-order chi connectivity index (χ0) is 26.2. The summed E-state index contributed by atoms with van der Waals surface area (Å²) in [4.78, 5) is 15.8. The van der Waals surface area contributed by atoms with Crippen LogP contribution in [0.3, 0.4) is 0 Å². The third kappa shape index (κ3) is 7.05. The summed E-state index contributed by atoms with van der Waals surface area (Å²) in [6, 6.07) is 18.7. The van der Waals surface area contributed by atoms with Gasteiger partial charge in [0.15, 0.2) is 0 Å². The topological polar surface area (TPSA) is 82.8 Å². The maximum atomic E-state index is 11.1. The van der Waals surface area contributed by atoms with Gasteiger partial charge in [-0.3, -0.25) is 4.79 Å². The average molecular weight is 521 g/mol. The normalized spacial score (nSPS) is 10.9. The summed E-state index contributed by atoms with van der Waals surface area (Å²) in [5, 5.41) is 9.77. The molecule has 7 nitrogen and oxygen atoms in total. The summed E-state index contributed by atoms with van der Waals surface area (Å²) in [6.45, 7) is 4.88. The number of fused-ring (bicyclic) bond motifs is 1. The maximum absolute atomic E-state index is 11.1. The molecule has 0 spiro atoms.